The summed E-state index contributed by atoms with van der Waals surface area (Å²) >= 11 is 0. The summed E-state index contributed by atoms with van der Waals surface area (Å²) in [5.41, 5.74) is 1.26. The number of nitrogens with zero attached hydrogens (tertiary/aromatic N) is 1. The number of isocyanates is 1. The molecular formula is C17H13NO. The predicted molar refractivity (Wildman–Crippen MR) is 78.1 cm³/mol. The van der Waals surface area contributed by atoms with E-state index in [0.29, 0.717) is 6.54 Å². The summed E-state index contributed by atoms with van der Waals surface area (Å²) in [5, 5.41) is 4.93. The van der Waals surface area contributed by atoms with E-state index in [-0.39, 0.29) is 0 Å². The summed E-state index contributed by atoms with van der Waals surface area (Å²) < 4.78 is 0. The smallest absolute Gasteiger partial charge is 0.211 e. The molecule has 0 radical (unpaired) electrons. The standard InChI is InChI=1S/C17H13NO/c19-12-18-10-9-17-15-7-3-1-5-13(15)11-14-6-2-4-8-16(14)17/h1-8,11H,9-10H2. The van der Waals surface area contributed by atoms with Gasteiger partial charge in [0, 0.05) is 0 Å². The molecule has 2 heteroatoms. The van der Waals surface area contributed by atoms with Crippen LogP contribution in [-0.2, 0) is 11.2 Å². The Bertz CT molecular complexity index is 731. The number of carbonyl (C=O) groups excluding carboxylic acids is 1. The van der Waals surface area contributed by atoms with E-state index in [9.17, 15) is 4.79 Å². The molecule has 0 aliphatic heterocycles. The number of aliphatic imine (C=N–C) groups is 1. The van der Waals surface area contributed by atoms with E-state index in [0.717, 1.165) is 6.42 Å². The van der Waals surface area contributed by atoms with Crippen LogP contribution in [0.4, 0.5) is 0 Å². The summed E-state index contributed by atoms with van der Waals surface area (Å²) in [7, 11) is 0. The fourth-order valence-electron chi connectivity index (χ4n) is 2.59. The Morgan fingerprint density at radius 3 is 2.05 bits per heavy atom. The summed E-state index contributed by atoms with van der Waals surface area (Å²) in [5.74, 6) is 0. The van der Waals surface area contributed by atoms with Crippen molar-refractivity contribution in [3.05, 3.63) is 60.2 Å². The van der Waals surface area contributed by atoms with Crippen molar-refractivity contribution in [3.8, 4) is 0 Å². The van der Waals surface area contributed by atoms with Crippen LogP contribution in [0.1, 0.15) is 5.56 Å². The van der Waals surface area contributed by atoms with Gasteiger partial charge in [0.15, 0.2) is 0 Å². The first-order valence-corrected chi connectivity index (χ1v) is 6.33. The monoisotopic (exact) mass is 247 g/mol. The molecule has 0 heterocycles. The van der Waals surface area contributed by atoms with Gasteiger partial charge >= 0.3 is 0 Å². The van der Waals surface area contributed by atoms with Crippen LogP contribution in [0.3, 0.4) is 0 Å². The maximum absolute atomic E-state index is 10.2. The predicted octanol–water partition coefficient (Wildman–Crippen LogP) is 3.87. The number of hydrogen-bond acceptors (Lipinski definition) is 2. The fraction of sp³-hybridized carbons (Fsp3) is 0.118. The third kappa shape index (κ3) is 2.14. The van der Waals surface area contributed by atoms with E-state index >= 15 is 0 Å². The van der Waals surface area contributed by atoms with Crippen LogP contribution in [0.5, 0.6) is 0 Å². The fourth-order valence-corrected chi connectivity index (χ4v) is 2.59. The molecule has 0 spiro atoms. The highest BCUT2D eigenvalue weighted by atomic mass is 16.1. The van der Waals surface area contributed by atoms with E-state index in [1.807, 2.05) is 24.3 Å². The van der Waals surface area contributed by atoms with Gasteiger partial charge in [0.25, 0.3) is 0 Å². The molecule has 0 atom stereocenters. The number of benzene rings is 3. The molecule has 92 valence electrons. The molecular weight excluding hydrogens is 234 g/mol. The molecule has 0 aliphatic rings. The van der Waals surface area contributed by atoms with E-state index < -0.39 is 0 Å². The molecule has 3 aromatic rings. The van der Waals surface area contributed by atoms with Gasteiger partial charge in [-0.2, -0.15) is 0 Å². The minimum Gasteiger partial charge on any atom is -0.211 e. The second-order valence-corrected chi connectivity index (χ2v) is 4.52. The molecule has 0 fully saturated rings. The van der Waals surface area contributed by atoms with Crippen LogP contribution < -0.4 is 0 Å². The Hall–Kier alpha value is -2.44. The van der Waals surface area contributed by atoms with Gasteiger partial charge < -0.3 is 0 Å². The third-order valence-electron chi connectivity index (χ3n) is 3.42. The minimum atomic E-state index is 0.488. The molecule has 3 rings (SSSR count). The average molecular weight is 247 g/mol. The maximum Gasteiger partial charge on any atom is 0.234 e. The Morgan fingerprint density at radius 2 is 1.47 bits per heavy atom. The lowest BCUT2D eigenvalue weighted by Gasteiger charge is -2.10. The minimum absolute atomic E-state index is 0.488. The zero-order valence-corrected chi connectivity index (χ0v) is 10.5. The zero-order chi connectivity index (χ0) is 13.1. The molecule has 3 aromatic carbocycles. The largest absolute Gasteiger partial charge is 0.234 e. The number of rotatable bonds is 3. The van der Waals surface area contributed by atoms with E-state index in [1.54, 1.807) is 6.08 Å². The van der Waals surface area contributed by atoms with Crippen molar-refractivity contribution in [1.29, 1.82) is 0 Å². The van der Waals surface area contributed by atoms with Crippen molar-refractivity contribution >= 4 is 27.6 Å². The van der Waals surface area contributed by atoms with Crippen molar-refractivity contribution in [1.82, 2.24) is 0 Å². The molecule has 0 unspecified atom stereocenters. The lowest BCUT2D eigenvalue weighted by atomic mass is 9.95. The van der Waals surface area contributed by atoms with Crippen molar-refractivity contribution in [3.63, 3.8) is 0 Å². The first kappa shape index (κ1) is 11.6. The average Bonchev–Trinajstić information content (AvgIpc) is 2.46. The number of hydrogen-bond donors (Lipinski definition) is 0. The van der Waals surface area contributed by atoms with Gasteiger partial charge in [-0.3, -0.25) is 0 Å². The Balaban J connectivity index is 2.29. The van der Waals surface area contributed by atoms with Gasteiger partial charge in [-0.25, -0.2) is 9.79 Å². The Kier molecular flexibility index (Phi) is 3.09. The topological polar surface area (TPSA) is 29.4 Å². The van der Waals surface area contributed by atoms with Gasteiger partial charge in [-0.05, 0) is 39.6 Å². The Labute approximate surface area is 111 Å². The van der Waals surface area contributed by atoms with Crippen LogP contribution in [0.25, 0.3) is 21.5 Å². The molecule has 0 bridgehead atoms. The third-order valence-corrected chi connectivity index (χ3v) is 3.42. The van der Waals surface area contributed by atoms with Crippen molar-refractivity contribution in [2.24, 2.45) is 4.99 Å². The molecule has 0 aromatic heterocycles. The molecule has 0 saturated heterocycles. The van der Waals surface area contributed by atoms with Gasteiger partial charge in [-0.1, -0.05) is 48.5 Å². The summed E-state index contributed by atoms with van der Waals surface area (Å²) in [4.78, 5) is 13.9. The molecule has 0 N–H and O–H groups in total. The van der Waals surface area contributed by atoms with E-state index in [1.165, 1.54) is 27.1 Å². The van der Waals surface area contributed by atoms with Crippen molar-refractivity contribution in [2.45, 2.75) is 6.42 Å². The van der Waals surface area contributed by atoms with Crippen LogP contribution in [-0.4, -0.2) is 12.6 Å². The summed E-state index contributed by atoms with van der Waals surface area (Å²) in [6.07, 6.45) is 2.37. The van der Waals surface area contributed by atoms with Crippen molar-refractivity contribution < 1.29 is 4.79 Å². The highest BCUT2D eigenvalue weighted by molar-refractivity contribution is 6.02. The normalized spacial score (nSPS) is 10.5. The highest BCUT2D eigenvalue weighted by Gasteiger charge is 2.06. The SMILES string of the molecule is O=C=NCCc1c2ccccc2cc2ccccc12. The first-order chi connectivity index (χ1) is 9.40. The van der Waals surface area contributed by atoms with Gasteiger partial charge in [0.2, 0.25) is 6.08 Å². The first-order valence-electron chi connectivity index (χ1n) is 6.33. The van der Waals surface area contributed by atoms with E-state index in [2.05, 4.69) is 35.3 Å². The van der Waals surface area contributed by atoms with Crippen LogP contribution in [0.2, 0.25) is 0 Å². The summed E-state index contributed by atoms with van der Waals surface area (Å²) in [6.45, 7) is 0.488. The maximum atomic E-state index is 10.2. The van der Waals surface area contributed by atoms with Crippen LogP contribution >= 0.6 is 0 Å². The molecule has 19 heavy (non-hydrogen) atoms. The van der Waals surface area contributed by atoms with Gasteiger partial charge in [0.05, 0.1) is 6.54 Å². The zero-order valence-electron chi connectivity index (χ0n) is 10.5. The van der Waals surface area contributed by atoms with Crippen LogP contribution in [0.15, 0.2) is 59.6 Å². The number of fused-ring (bicyclic) bond motifs is 2. The second kappa shape index (κ2) is 5.05. The van der Waals surface area contributed by atoms with Gasteiger partial charge in [-0.15, -0.1) is 0 Å². The quantitative estimate of drug-likeness (QED) is 0.392. The molecule has 2 nitrogen and oxygen atoms in total. The van der Waals surface area contributed by atoms with Crippen LogP contribution in [0, 0.1) is 0 Å². The summed E-state index contributed by atoms with van der Waals surface area (Å²) in [6, 6.07) is 18.9. The molecule has 0 aliphatic carbocycles. The second-order valence-electron chi connectivity index (χ2n) is 4.52. The molecule has 0 saturated carbocycles. The van der Waals surface area contributed by atoms with E-state index in [4.69, 9.17) is 0 Å². The highest BCUT2D eigenvalue weighted by Crippen LogP contribution is 2.28. The lowest BCUT2D eigenvalue weighted by molar-refractivity contribution is 0.563. The lowest BCUT2D eigenvalue weighted by Crippen LogP contribution is -1.93. The Morgan fingerprint density at radius 1 is 0.895 bits per heavy atom. The molecule has 0 amide bonds. The van der Waals surface area contributed by atoms with Gasteiger partial charge in [0.1, 0.15) is 0 Å². The van der Waals surface area contributed by atoms with Crippen molar-refractivity contribution in [2.75, 3.05) is 6.54 Å².